The van der Waals surface area contributed by atoms with Crippen molar-refractivity contribution in [2.75, 3.05) is 46.2 Å². The first-order valence-electron chi connectivity index (χ1n) is 11.6. The van der Waals surface area contributed by atoms with Gasteiger partial charge in [-0.05, 0) is 20.3 Å². The van der Waals surface area contributed by atoms with Gasteiger partial charge in [0.05, 0.1) is 33.0 Å². The van der Waals surface area contributed by atoms with E-state index in [1.165, 1.54) is 0 Å². The zero-order chi connectivity index (χ0) is 33.4. The molecule has 0 rings (SSSR count). The quantitative estimate of drug-likeness (QED) is 0.0895. The molecule has 0 spiro atoms. The lowest BCUT2D eigenvalue weighted by atomic mass is 9.88. The smallest absolute Gasteiger partial charge is 0.333 e. The molecule has 14 nitrogen and oxygen atoms in total. The van der Waals surface area contributed by atoms with Crippen molar-refractivity contribution in [3.05, 3.63) is 62.3 Å². The van der Waals surface area contributed by atoms with Crippen molar-refractivity contribution in [2.45, 2.75) is 27.2 Å². The number of aliphatic carboxylic acids is 3. The number of hydrogen-bond acceptors (Lipinski definition) is 11. The summed E-state index contributed by atoms with van der Waals surface area (Å²) >= 11 is 0. The zero-order valence-electron chi connectivity index (χ0n) is 23.9. The SMILES string of the molecule is C=C(C)C(=O)OCCOCCOC(=O)C(=C)C.C=CC(=O)O.C=CC(=O)O.C=CC(=O)O.CCC(CO)(CO)CO. The highest BCUT2D eigenvalue weighted by atomic mass is 16.6. The summed E-state index contributed by atoms with van der Waals surface area (Å²) in [6, 6.07) is 0. The van der Waals surface area contributed by atoms with Gasteiger partial charge in [-0.2, -0.15) is 0 Å². The maximum atomic E-state index is 10.9. The Kier molecular flexibility index (Phi) is 36.6. The predicted octanol–water partition coefficient (Wildman–Crippen LogP) is 1.37. The summed E-state index contributed by atoms with van der Waals surface area (Å²) < 4.78 is 14.6. The number of aliphatic hydroxyl groups excluding tert-OH is 3. The van der Waals surface area contributed by atoms with E-state index in [9.17, 15) is 24.0 Å². The third-order valence-corrected chi connectivity index (χ3v) is 3.90. The van der Waals surface area contributed by atoms with Gasteiger partial charge in [-0.1, -0.05) is 39.8 Å². The van der Waals surface area contributed by atoms with Crippen molar-refractivity contribution in [1.29, 1.82) is 0 Å². The molecule has 41 heavy (non-hydrogen) atoms. The Hall–Kier alpha value is -4.11. The number of esters is 2. The lowest BCUT2D eigenvalue weighted by Gasteiger charge is -2.24. The van der Waals surface area contributed by atoms with Crippen LogP contribution in [0.4, 0.5) is 0 Å². The van der Waals surface area contributed by atoms with Crippen LogP contribution in [-0.2, 0) is 38.2 Å². The third-order valence-electron chi connectivity index (χ3n) is 3.90. The van der Waals surface area contributed by atoms with Crippen LogP contribution in [0.25, 0.3) is 0 Å². The van der Waals surface area contributed by atoms with Crippen LogP contribution in [-0.4, -0.2) is 107 Å². The van der Waals surface area contributed by atoms with Gasteiger partial charge in [0, 0.05) is 34.8 Å². The number of ether oxygens (including phenoxy) is 3. The van der Waals surface area contributed by atoms with Gasteiger partial charge < -0.3 is 44.8 Å². The van der Waals surface area contributed by atoms with E-state index in [0.717, 1.165) is 18.2 Å². The summed E-state index contributed by atoms with van der Waals surface area (Å²) in [6.45, 7) is 21.1. The van der Waals surface area contributed by atoms with Crippen LogP contribution in [0, 0.1) is 5.41 Å². The number of carboxylic acids is 3. The largest absolute Gasteiger partial charge is 0.478 e. The van der Waals surface area contributed by atoms with E-state index < -0.39 is 35.3 Å². The lowest BCUT2D eigenvalue weighted by Crippen LogP contribution is -2.32. The molecule has 14 heteroatoms. The predicted molar refractivity (Wildman–Crippen MR) is 150 cm³/mol. The van der Waals surface area contributed by atoms with Crippen LogP contribution in [0.1, 0.15) is 27.2 Å². The molecule has 0 aromatic heterocycles. The minimum absolute atomic E-state index is 0.153. The first-order valence-corrected chi connectivity index (χ1v) is 11.6. The van der Waals surface area contributed by atoms with Gasteiger partial charge in [0.15, 0.2) is 0 Å². The van der Waals surface area contributed by atoms with E-state index in [0.29, 0.717) is 17.6 Å². The lowest BCUT2D eigenvalue weighted by molar-refractivity contribution is -0.142. The Labute approximate surface area is 240 Å². The molecule has 0 aromatic carbocycles. The van der Waals surface area contributed by atoms with Crippen molar-refractivity contribution in [3.63, 3.8) is 0 Å². The van der Waals surface area contributed by atoms with Crippen molar-refractivity contribution in [3.8, 4) is 0 Å². The standard InChI is InChI=1S/C12H18O5.C6H14O3.3C3H4O2/c1-9(2)11(13)16-7-5-15-6-8-17-12(14)10(3)4;1-2-6(3-7,4-8)5-9;3*1-2-3(4)5/h1,3,5-8H2,2,4H3;7-9H,2-5H2,1H3;3*2H,1H2,(H,4,5). The molecule has 0 radical (unpaired) electrons. The van der Waals surface area contributed by atoms with Crippen LogP contribution < -0.4 is 0 Å². The minimum atomic E-state index is -0.981. The molecule has 0 aliphatic carbocycles. The molecule has 0 fully saturated rings. The van der Waals surface area contributed by atoms with Gasteiger partial charge in [0.1, 0.15) is 13.2 Å². The average molecular weight is 593 g/mol. The van der Waals surface area contributed by atoms with Gasteiger partial charge in [-0.25, -0.2) is 24.0 Å². The first kappa shape index (κ1) is 46.7. The molecule has 0 aliphatic heterocycles. The molecule has 0 heterocycles. The fourth-order valence-electron chi connectivity index (χ4n) is 1.22. The highest BCUT2D eigenvalue weighted by Crippen LogP contribution is 2.18. The van der Waals surface area contributed by atoms with Gasteiger partial charge in [-0.3, -0.25) is 0 Å². The van der Waals surface area contributed by atoms with Gasteiger partial charge in [0.2, 0.25) is 0 Å². The van der Waals surface area contributed by atoms with Crippen LogP contribution >= 0.6 is 0 Å². The molecule has 0 amide bonds. The fraction of sp³-hybridized carbons (Fsp3) is 0.444. The van der Waals surface area contributed by atoms with Crippen LogP contribution in [0.5, 0.6) is 0 Å². The zero-order valence-corrected chi connectivity index (χ0v) is 23.9. The molecule has 0 saturated heterocycles. The van der Waals surface area contributed by atoms with E-state index in [1.54, 1.807) is 13.8 Å². The minimum Gasteiger partial charge on any atom is -0.478 e. The fourth-order valence-corrected chi connectivity index (χ4v) is 1.22. The molecular weight excluding hydrogens is 548 g/mol. The summed E-state index contributed by atoms with van der Waals surface area (Å²) in [5.41, 5.74) is 0.0285. The first-order chi connectivity index (χ1) is 19.0. The summed E-state index contributed by atoms with van der Waals surface area (Å²) in [7, 11) is 0. The van der Waals surface area contributed by atoms with Crippen LogP contribution in [0.3, 0.4) is 0 Å². The van der Waals surface area contributed by atoms with E-state index in [2.05, 4.69) is 32.9 Å². The molecule has 6 N–H and O–H groups in total. The molecule has 0 unspecified atom stereocenters. The van der Waals surface area contributed by atoms with Crippen molar-refractivity contribution >= 4 is 29.8 Å². The Bertz CT molecular complexity index is 736. The highest BCUT2D eigenvalue weighted by Gasteiger charge is 2.24. The average Bonchev–Trinajstić information content (AvgIpc) is 2.94. The molecular formula is C27H44O14. The van der Waals surface area contributed by atoms with E-state index >= 15 is 0 Å². The maximum Gasteiger partial charge on any atom is 0.333 e. The second-order valence-electron chi connectivity index (χ2n) is 7.40. The van der Waals surface area contributed by atoms with Crippen molar-refractivity contribution in [1.82, 2.24) is 0 Å². The van der Waals surface area contributed by atoms with E-state index in [4.69, 9.17) is 44.8 Å². The van der Waals surface area contributed by atoms with Gasteiger partial charge >= 0.3 is 29.8 Å². The van der Waals surface area contributed by atoms with Crippen LogP contribution in [0.15, 0.2) is 62.3 Å². The molecule has 0 bridgehead atoms. The summed E-state index contributed by atoms with van der Waals surface area (Å²) in [6.07, 6.45) is 3.09. The second-order valence-corrected chi connectivity index (χ2v) is 7.40. The number of carboxylic acid groups (broad SMARTS) is 3. The van der Waals surface area contributed by atoms with Crippen LogP contribution in [0.2, 0.25) is 0 Å². The number of carbonyl (C=O) groups is 5. The molecule has 0 atom stereocenters. The van der Waals surface area contributed by atoms with Gasteiger partial charge in [0.25, 0.3) is 0 Å². The Morgan fingerprint density at radius 1 is 0.634 bits per heavy atom. The normalized spacial score (nSPS) is 8.93. The van der Waals surface area contributed by atoms with E-state index in [-0.39, 0.29) is 46.2 Å². The summed E-state index contributed by atoms with van der Waals surface area (Å²) in [4.78, 5) is 49.6. The topological polar surface area (TPSA) is 234 Å². The highest BCUT2D eigenvalue weighted by molar-refractivity contribution is 5.87. The third kappa shape index (κ3) is 40.5. The van der Waals surface area contributed by atoms with Gasteiger partial charge in [-0.15, -0.1) is 0 Å². The van der Waals surface area contributed by atoms with Crippen molar-refractivity contribution in [2.24, 2.45) is 5.41 Å². The molecule has 0 aromatic rings. The van der Waals surface area contributed by atoms with E-state index in [1.807, 2.05) is 6.92 Å². The number of rotatable bonds is 15. The summed E-state index contributed by atoms with van der Waals surface area (Å²) in [5.74, 6) is -3.83. The van der Waals surface area contributed by atoms with Crippen molar-refractivity contribution < 1.29 is 68.8 Å². The second kappa shape index (κ2) is 32.1. The number of aliphatic hydroxyl groups is 3. The number of carbonyl (C=O) groups excluding carboxylic acids is 2. The number of hydrogen-bond donors (Lipinski definition) is 6. The summed E-state index contributed by atoms with van der Waals surface area (Å²) in [5, 5.41) is 48.8. The molecule has 0 aliphatic rings. The Morgan fingerprint density at radius 2 is 0.878 bits per heavy atom. The molecule has 0 saturated carbocycles. The Balaban J connectivity index is -0.000000150. The maximum absolute atomic E-state index is 10.9. The monoisotopic (exact) mass is 592 g/mol. The Morgan fingerprint density at radius 3 is 1.00 bits per heavy atom. The molecule has 236 valence electrons.